The van der Waals surface area contributed by atoms with Crippen LogP contribution in [0.25, 0.3) is 0 Å². The second-order valence-electron chi connectivity index (χ2n) is 5.61. The SMILES string of the molecule is O=C(CNc1ccc(F)cc1)N1CCOC(c2ccc(F)cc2)C1. The number of nitrogens with one attached hydrogen (secondary N) is 1. The van der Waals surface area contributed by atoms with Crippen LogP contribution in [0.3, 0.4) is 0 Å². The molecule has 0 saturated carbocycles. The molecule has 1 fully saturated rings. The summed E-state index contributed by atoms with van der Waals surface area (Å²) in [4.78, 5) is 14.1. The summed E-state index contributed by atoms with van der Waals surface area (Å²) in [6, 6.07) is 12.0. The molecule has 0 spiro atoms. The maximum absolute atomic E-state index is 13.0. The molecule has 0 bridgehead atoms. The molecule has 1 unspecified atom stereocenters. The lowest BCUT2D eigenvalue weighted by Crippen LogP contribution is -2.44. The van der Waals surface area contributed by atoms with E-state index in [1.165, 1.54) is 24.3 Å². The highest BCUT2D eigenvalue weighted by Crippen LogP contribution is 2.22. The van der Waals surface area contributed by atoms with Gasteiger partial charge < -0.3 is 15.0 Å². The van der Waals surface area contributed by atoms with Crippen LogP contribution in [-0.2, 0) is 9.53 Å². The van der Waals surface area contributed by atoms with E-state index in [0.29, 0.717) is 25.4 Å². The van der Waals surface area contributed by atoms with Gasteiger partial charge in [-0.25, -0.2) is 8.78 Å². The number of ether oxygens (including phenoxy) is 1. The van der Waals surface area contributed by atoms with Crippen molar-refractivity contribution in [1.29, 1.82) is 0 Å². The van der Waals surface area contributed by atoms with E-state index in [0.717, 1.165) is 5.56 Å². The number of carbonyl (C=O) groups excluding carboxylic acids is 1. The average molecular weight is 332 g/mol. The van der Waals surface area contributed by atoms with Crippen LogP contribution in [0.2, 0.25) is 0 Å². The predicted molar refractivity (Wildman–Crippen MR) is 86.6 cm³/mol. The van der Waals surface area contributed by atoms with E-state index in [1.807, 2.05) is 0 Å². The standard InChI is InChI=1S/C18H18F2N2O2/c19-14-3-1-13(2-4-14)17-12-22(9-10-24-17)18(23)11-21-16-7-5-15(20)6-8-16/h1-8,17,21H,9-12H2. The van der Waals surface area contributed by atoms with Crippen LogP contribution in [0.1, 0.15) is 11.7 Å². The van der Waals surface area contributed by atoms with Crippen LogP contribution in [0.5, 0.6) is 0 Å². The number of hydrogen-bond acceptors (Lipinski definition) is 3. The van der Waals surface area contributed by atoms with Crippen molar-refractivity contribution in [3.05, 3.63) is 65.7 Å². The van der Waals surface area contributed by atoms with Gasteiger partial charge >= 0.3 is 0 Å². The molecule has 1 saturated heterocycles. The molecule has 4 nitrogen and oxygen atoms in total. The van der Waals surface area contributed by atoms with Crippen molar-refractivity contribution < 1.29 is 18.3 Å². The Morgan fingerprint density at radius 1 is 1.08 bits per heavy atom. The number of carbonyl (C=O) groups is 1. The molecule has 0 aliphatic carbocycles. The highest BCUT2D eigenvalue weighted by molar-refractivity contribution is 5.81. The number of halogens is 2. The molecule has 6 heteroatoms. The number of anilines is 1. The first-order valence-corrected chi connectivity index (χ1v) is 7.76. The third kappa shape index (κ3) is 4.08. The number of benzene rings is 2. The van der Waals surface area contributed by atoms with Gasteiger partial charge in [-0.15, -0.1) is 0 Å². The Morgan fingerprint density at radius 2 is 1.71 bits per heavy atom. The zero-order valence-corrected chi connectivity index (χ0v) is 13.0. The lowest BCUT2D eigenvalue weighted by atomic mass is 10.1. The van der Waals surface area contributed by atoms with Crippen molar-refractivity contribution in [2.45, 2.75) is 6.10 Å². The van der Waals surface area contributed by atoms with Crippen LogP contribution in [-0.4, -0.2) is 37.0 Å². The molecule has 0 aromatic heterocycles. The number of hydrogen-bond donors (Lipinski definition) is 1. The fraction of sp³-hybridized carbons (Fsp3) is 0.278. The summed E-state index contributed by atoms with van der Waals surface area (Å²) in [5.41, 5.74) is 1.54. The molecule has 1 aliphatic rings. The molecule has 3 rings (SSSR count). The van der Waals surface area contributed by atoms with E-state index in [4.69, 9.17) is 4.74 Å². The quantitative estimate of drug-likeness (QED) is 0.936. The largest absolute Gasteiger partial charge is 0.376 e. The molecule has 2 aromatic rings. The van der Waals surface area contributed by atoms with Crippen LogP contribution in [0.4, 0.5) is 14.5 Å². The lowest BCUT2D eigenvalue weighted by Gasteiger charge is -2.33. The Morgan fingerprint density at radius 3 is 2.38 bits per heavy atom. The fourth-order valence-electron chi connectivity index (χ4n) is 2.61. The van der Waals surface area contributed by atoms with E-state index in [1.54, 1.807) is 29.2 Å². The second-order valence-corrected chi connectivity index (χ2v) is 5.61. The van der Waals surface area contributed by atoms with Gasteiger partial charge in [-0.2, -0.15) is 0 Å². The molecular formula is C18H18F2N2O2. The number of rotatable bonds is 4. The summed E-state index contributed by atoms with van der Waals surface area (Å²) in [5, 5.41) is 2.98. The first-order chi connectivity index (χ1) is 11.6. The van der Waals surface area contributed by atoms with Crippen molar-refractivity contribution >= 4 is 11.6 Å². The molecule has 126 valence electrons. The third-order valence-corrected chi connectivity index (χ3v) is 3.95. The summed E-state index contributed by atoms with van der Waals surface area (Å²) in [6.07, 6.45) is -0.255. The fourth-order valence-corrected chi connectivity index (χ4v) is 2.61. The molecule has 1 N–H and O–H groups in total. The first-order valence-electron chi connectivity index (χ1n) is 7.76. The zero-order valence-electron chi connectivity index (χ0n) is 13.0. The molecule has 2 aromatic carbocycles. The van der Waals surface area contributed by atoms with Gasteiger partial charge in [0.05, 0.1) is 19.7 Å². The Hall–Kier alpha value is -2.47. The van der Waals surface area contributed by atoms with Crippen molar-refractivity contribution in [1.82, 2.24) is 4.90 Å². The van der Waals surface area contributed by atoms with Crippen LogP contribution in [0.15, 0.2) is 48.5 Å². The predicted octanol–water partition coefficient (Wildman–Crippen LogP) is 2.98. The maximum atomic E-state index is 13.0. The van der Waals surface area contributed by atoms with Crippen LogP contribution < -0.4 is 5.32 Å². The number of morpholine rings is 1. The maximum Gasteiger partial charge on any atom is 0.242 e. The summed E-state index contributed by atoms with van der Waals surface area (Å²) in [7, 11) is 0. The van der Waals surface area contributed by atoms with Crippen LogP contribution >= 0.6 is 0 Å². The first kappa shape index (κ1) is 16.4. The minimum atomic E-state index is -0.317. The van der Waals surface area contributed by atoms with Gasteiger partial charge in [0.25, 0.3) is 0 Å². The van der Waals surface area contributed by atoms with E-state index >= 15 is 0 Å². The van der Waals surface area contributed by atoms with E-state index < -0.39 is 0 Å². The van der Waals surface area contributed by atoms with Gasteiger partial charge in [0.1, 0.15) is 17.7 Å². The van der Waals surface area contributed by atoms with Gasteiger partial charge in [0, 0.05) is 12.2 Å². The Kier molecular flexibility index (Phi) is 5.05. The highest BCUT2D eigenvalue weighted by atomic mass is 19.1. The van der Waals surface area contributed by atoms with E-state index in [2.05, 4.69) is 5.32 Å². The molecule has 24 heavy (non-hydrogen) atoms. The molecule has 1 amide bonds. The smallest absolute Gasteiger partial charge is 0.242 e. The lowest BCUT2D eigenvalue weighted by molar-refractivity contribution is -0.137. The summed E-state index contributed by atoms with van der Waals surface area (Å²) in [5.74, 6) is -0.678. The summed E-state index contributed by atoms with van der Waals surface area (Å²) < 4.78 is 31.6. The van der Waals surface area contributed by atoms with E-state index in [9.17, 15) is 13.6 Å². The van der Waals surface area contributed by atoms with Crippen molar-refractivity contribution in [2.24, 2.45) is 0 Å². The van der Waals surface area contributed by atoms with Gasteiger partial charge in [0.15, 0.2) is 0 Å². The van der Waals surface area contributed by atoms with Crippen molar-refractivity contribution in [2.75, 3.05) is 31.6 Å². The summed E-state index contributed by atoms with van der Waals surface area (Å²) >= 11 is 0. The average Bonchev–Trinajstić information content (AvgIpc) is 2.62. The van der Waals surface area contributed by atoms with Gasteiger partial charge in [-0.3, -0.25) is 4.79 Å². The Balaban J connectivity index is 1.56. The molecule has 1 heterocycles. The highest BCUT2D eigenvalue weighted by Gasteiger charge is 2.25. The topological polar surface area (TPSA) is 41.6 Å². The van der Waals surface area contributed by atoms with Gasteiger partial charge in [0.2, 0.25) is 5.91 Å². The molecule has 1 aliphatic heterocycles. The molecular weight excluding hydrogens is 314 g/mol. The minimum Gasteiger partial charge on any atom is -0.376 e. The molecule has 0 radical (unpaired) electrons. The summed E-state index contributed by atoms with van der Waals surface area (Å²) in [6.45, 7) is 1.50. The van der Waals surface area contributed by atoms with Gasteiger partial charge in [-0.05, 0) is 42.0 Å². The van der Waals surface area contributed by atoms with E-state index in [-0.39, 0.29) is 30.2 Å². The number of nitrogens with zero attached hydrogens (tertiary/aromatic N) is 1. The monoisotopic (exact) mass is 332 g/mol. The molecule has 1 atom stereocenters. The van der Waals surface area contributed by atoms with Crippen LogP contribution in [0, 0.1) is 11.6 Å². The number of amides is 1. The second kappa shape index (κ2) is 7.40. The third-order valence-electron chi connectivity index (χ3n) is 3.95. The van der Waals surface area contributed by atoms with Crippen molar-refractivity contribution in [3.63, 3.8) is 0 Å². The minimum absolute atomic E-state index is 0.0604. The van der Waals surface area contributed by atoms with Crippen molar-refractivity contribution in [3.8, 4) is 0 Å². The normalized spacial score (nSPS) is 17.6. The Labute approximate surface area is 139 Å². The zero-order chi connectivity index (χ0) is 16.9. The Bertz CT molecular complexity index is 689. The van der Waals surface area contributed by atoms with Gasteiger partial charge in [-0.1, -0.05) is 12.1 Å².